The molecule has 32 heavy (non-hydrogen) atoms. The SMILES string of the molecule is C[C@H](CO)C/C=C/[C@@H](C)[C@H]1C[C@@H](O)[C@@H]2[C@]1(C)CCC1[C@@]3(C)CC[C@H](O)CC3[C@@H](O)C[C@]12O. The third-order valence-electron chi connectivity index (χ3n) is 10.7. The van der Waals surface area contributed by atoms with E-state index in [1.54, 1.807) is 0 Å². The van der Waals surface area contributed by atoms with Gasteiger partial charge in [-0.15, -0.1) is 0 Å². The molecule has 4 saturated carbocycles. The van der Waals surface area contributed by atoms with Crippen LogP contribution >= 0.6 is 0 Å². The highest BCUT2D eigenvalue weighted by Crippen LogP contribution is 2.69. The number of rotatable bonds is 5. The molecule has 4 aliphatic carbocycles. The molecule has 0 radical (unpaired) electrons. The lowest BCUT2D eigenvalue weighted by Crippen LogP contribution is -2.68. The topological polar surface area (TPSA) is 101 Å². The van der Waals surface area contributed by atoms with E-state index in [1.807, 2.05) is 6.92 Å². The van der Waals surface area contributed by atoms with Gasteiger partial charge < -0.3 is 25.5 Å². The molecule has 184 valence electrons. The Hall–Kier alpha value is -0.460. The molecule has 5 nitrogen and oxygen atoms in total. The lowest BCUT2D eigenvalue weighted by molar-refractivity contribution is -0.263. The van der Waals surface area contributed by atoms with Gasteiger partial charge in [0.05, 0.1) is 23.9 Å². The zero-order valence-corrected chi connectivity index (χ0v) is 20.5. The summed E-state index contributed by atoms with van der Waals surface area (Å²) < 4.78 is 0. The molecule has 0 aromatic rings. The van der Waals surface area contributed by atoms with E-state index < -0.39 is 17.8 Å². The monoisotopic (exact) mass is 450 g/mol. The van der Waals surface area contributed by atoms with Crippen LogP contribution in [0.3, 0.4) is 0 Å². The second-order valence-corrected chi connectivity index (χ2v) is 12.6. The lowest BCUT2D eigenvalue weighted by Gasteiger charge is -2.66. The number of allylic oxidation sites excluding steroid dienone is 2. The fraction of sp³-hybridized carbons (Fsp3) is 0.926. The van der Waals surface area contributed by atoms with E-state index in [4.69, 9.17) is 0 Å². The molecule has 0 heterocycles. The van der Waals surface area contributed by atoms with Crippen molar-refractivity contribution in [3.63, 3.8) is 0 Å². The van der Waals surface area contributed by atoms with Crippen molar-refractivity contribution in [2.45, 2.75) is 103 Å². The van der Waals surface area contributed by atoms with E-state index in [9.17, 15) is 25.5 Å². The molecule has 5 N–H and O–H groups in total. The van der Waals surface area contributed by atoms with Gasteiger partial charge in [0, 0.05) is 18.9 Å². The first-order valence-electron chi connectivity index (χ1n) is 13.0. The maximum Gasteiger partial charge on any atom is 0.0763 e. The van der Waals surface area contributed by atoms with Crippen LogP contribution in [-0.4, -0.2) is 56.1 Å². The highest BCUT2D eigenvalue weighted by molar-refractivity contribution is 5.20. The highest BCUT2D eigenvalue weighted by atomic mass is 16.3. The van der Waals surface area contributed by atoms with Gasteiger partial charge in [-0.1, -0.05) is 39.8 Å². The normalized spacial score (nSPS) is 52.8. The van der Waals surface area contributed by atoms with E-state index in [-0.39, 0.29) is 59.0 Å². The van der Waals surface area contributed by atoms with Crippen molar-refractivity contribution >= 4 is 0 Å². The highest BCUT2D eigenvalue weighted by Gasteiger charge is 2.70. The van der Waals surface area contributed by atoms with Crippen LogP contribution in [0.25, 0.3) is 0 Å². The van der Waals surface area contributed by atoms with E-state index in [0.717, 1.165) is 32.1 Å². The molecular weight excluding hydrogens is 404 g/mol. The van der Waals surface area contributed by atoms with Crippen LogP contribution in [0.4, 0.5) is 0 Å². The van der Waals surface area contributed by atoms with Gasteiger partial charge >= 0.3 is 0 Å². The number of aliphatic hydroxyl groups excluding tert-OH is 4. The van der Waals surface area contributed by atoms with Crippen LogP contribution in [-0.2, 0) is 0 Å². The van der Waals surface area contributed by atoms with Crippen molar-refractivity contribution < 1.29 is 25.5 Å². The lowest BCUT2D eigenvalue weighted by atomic mass is 9.42. The Morgan fingerprint density at radius 2 is 1.66 bits per heavy atom. The molecule has 0 saturated heterocycles. The first-order valence-corrected chi connectivity index (χ1v) is 13.0. The quantitative estimate of drug-likeness (QED) is 0.414. The second-order valence-electron chi connectivity index (χ2n) is 12.6. The summed E-state index contributed by atoms with van der Waals surface area (Å²) in [5.41, 5.74) is -1.44. The van der Waals surface area contributed by atoms with Gasteiger partial charge in [0.1, 0.15) is 0 Å². The van der Waals surface area contributed by atoms with Gasteiger partial charge in [0.25, 0.3) is 0 Å². The summed E-state index contributed by atoms with van der Waals surface area (Å²) in [6.07, 6.45) is 8.77. The van der Waals surface area contributed by atoms with Crippen molar-refractivity contribution in [1.29, 1.82) is 0 Å². The summed E-state index contributed by atoms with van der Waals surface area (Å²) >= 11 is 0. The van der Waals surface area contributed by atoms with Crippen molar-refractivity contribution in [3.8, 4) is 0 Å². The number of hydrogen-bond acceptors (Lipinski definition) is 5. The van der Waals surface area contributed by atoms with Crippen LogP contribution in [0, 0.1) is 46.3 Å². The summed E-state index contributed by atoms with van der Waals surface area (Å²) in [6.45, 7) is 8.93. The molecule has 0 amide bonds. The molecule has 0 bridgehead atoms. The van der Waals surface area contributed by atoms with Crippen LogP contribution in [0.1, 0.15) is 79.1 Å². The number of fused-ring (bicyclic) bond motifs is 5. The fourth-order valence-electron chi connectivity index (χ4n) is 9.07. The molecule has 0 aliphatic heterocycles. The minimum absolute atomic E-state index is 0.0191. The van der Waals surface area contributed by atoms with Crippen molar-refractivity contribution in [2.24, 2.45) is 46.3 Å². The molecular formula is C27H46O5. The van der Waals surface area contributed by atoms with Crippen molar-refractivity contribution in [1.82, 2.24) is 0 Å². The van der Waals surface area contributed by atoms with Crippen LogP contribution in [0.2, 0.25) is 0 Å². The number of hydrogen-bond donors (Lipinski definition) is 5. The van der Waals surface area contributed by atoms with E-state index in [1.165, 1.54) is 0 Å². The first-order chi connectivity index (χ1) is 15.0. The molecule has 12 atom stereocenters. The zero-order chi connectivity index (χ0) is 23.5. The predicted octanol–water partition coefficient (Wildman–Crippen LogP) is 3.27. The van der Waals surface area contributed by atoms with Gasteiger partial charge in [0.15, 0.2) is 0 Å². The van der Waals surface area contributed by atoms with Crippen molar-refractivity contribution in [3.05, 3.63) is 12.2 Å². The molecule has 4 aliphatic rings. The maximum absolute atomic E-state index is 12.3. The average molecular weight is 451 g/mol. The van der Waals surface area contributed by atoms with Gasteiger partial charge in [0.2, 0.25) is 0 Å². The van der Waals surface area contributed by atoms with Gasteiger partial charge in [-0.05, 0) is 85.4 Å². The zero-order valence-electron chi connectivity index (χ0n) is 20.5. The minimum Gasteiger partial charge on any atom is -0.396 e. The second kappa shape index (κ2) is 8.64. The Labute approximate surface area is 193 Å². The Morgan fingerprint density at radius 3 is 2.34 bits per heavy atom. The number of aliphatic hydroxyl groups is 5. The predicted molar refractivity (Wildman–Crippen MR) is 125 cm³/mol. The van der Waals surface area contributed by atoms with E-state index in [0.29, 0.717) is 19.3 Å². The van der Waals surface area contributed by atoms with Crippen LogP contribution < -0.4 is 0 Å². The first kappa shape index (κ1) is 24.7. The smallest absolute Gasteiger partial charge is 0.0763 e. The van der Waals surface area contributed by atoms with Crippen LogP contribution in [0.15, 0.2) is 12.2 Å². The summed E-state index contributed by atoms with van der Waals surface area (Å²) in [7, 11) is 0. The van der Waals surface area contributed by atoms with E-state index >= 15 is 0 Å². The van der Waals surface area contributed by atoms with Crippen LogP contribution in [0.5, 0.6) is 0 Å². The summed E-state index contributed by atoms with van der Waals surface area (Å²) in [4.78, 5) is 0. The molecule has 0 aromatic carbocycles. The molecule has 2 unspecified atom stereocenters. The van der Waals surface area contributed by atoms with Gasteiger partial charge in [-0.25, -0.2) is 0 Å². The fourth-order valence-corrected chi connectivity index (χ4v) is 9.07. The molecule has 5 heteroatoms. The average Bonchev–Trinajstić information content (AvgIpc) is 3.00. The summed E-state index contributed by atoms with van der Waals surface area (Å²) in [5.74, 6) is 0.657. The Bertz CT molecular complexity index is 710. The van der Waals surface area contributed by atoms with Gasteiger partial charge in [-0.3, -0.25) is 0 Å². The van der Waals surface area contributed by atoms with Crippen molar-refractivity contribution in [2.75, 3.05) is 6.61 Å². The molecule has 0 spiro atoms. The molecule has 0 aromatic heterocycles. The third kappa shape index (κ3) is 3.71. The summed E-state index contributed by atoms with van der Waals surface area (Å²) in [6, 6.07) is 0. The Balaban J connectivity index is 1.61. The summed E-state index contributed by atoms with van der Waals surface area (Å²) in [5, 5.41) is 54.3. The standard InChI is InChI=1S/C27H46O5/c1-16(15-28)6-5-7-17(2)19-13-21(30)24-26(19,4)11-9-23-25(3)10-8-18(29)12-20(25)22(31)14-27(23,24)32/h5,7,16-24,28-32H,6,8-15H2,1-4H3/b7-5+/t16-,17+,18-,19+,20?,21+,22-,23?,24+,25-,26+,27-/m0/s1. The van der Waals surface area contributed by atoms with Gasteiger partial charge in [-0.2, -0.15) is 0 Å². The Morgan fingerprint density at radius 1 is 0.969 bits per heavy atom. The Kier molecular flexibility index (Phi) is 6.66. The third-order valence-corrected chi connectivity index (χ3v) is 10.7. The molecule has 4 fully saturated rings. The maximum atomic E-state index is 12.3. The minimum atomic E-state index is -1.07. The van der Waals surface area contributed by atoms with E-state index in [2.05, 4.69) is 32.9 Å². The largest absolute Gasteiger partial charge is 0.396 e. The molecule has 4 rings (SSSR count).